The van der Waals surface area contributed by atoms with Crippen LogP contribution in [-0.2, 0) is 0 Å². The summed E-state index contributed by atoms with van der Waals surface area (Å²) in [7, 11) is 0. The van der Waals surface area contributed by atoms with Crippen LogP contribution in [-0.4, -0.2) is 9.55 Å². The summed E-state index contributed by atoms with van der Waals surface area (Å²) in [5, 5.41) is 0. The van der Waals surface area contributed by atoms with Gasteiger partial charge in [0, 0.05) is 27.6 Å². The molecule has 0 saturated heterocycles. The second-order valence-electron chi connectivity index (χ2n) is 4.96. The number of hydrogen-bond acceptors (Lipinski definition) is 1. The second-order valence-corrected chi connectivity index (χ2v) is 6.21. The summed E-state index contributed by atoms with van der Waals surface area (Å²) in [6.07, 6.45) is 10.8. The van der Waals surface area contributed by atoms with Crippen molar-refractivity contribution >= 4 is 22.6 Å². The summed E-state index contributed by atoms with van der Waals surface area (Å²) in [5.74, 6) is 1.13. The van der Waals surface area contributed by atoms with Crippen molar-refractivity contribution in [3.05, 3.63) is 40.2 Å². The fourth-order valence-electron chi connectivity index (χ4n) is 2.82. The van der Waals surface area contributed by atoms with Crippen LogP contribution >= 0.6 is 22.6 Å². The maximum absolute atomic E-state index is 4.56. The van der Waals surface area contributed by atoms with Gasteiger partial charge in [0.1, 0.15) is 5.82 Å². The smallest absolute Gasteiger partial charge is 0.140 e. The molecule has 0 unspecified atom stereocenters. The zero-order valence-corrected chi connectivity index (χ0v) is 12.5. The van der Waals surface area contributed by atoms with E-state index in [0.717, 1.165) is 5.82 Å². The van der Waals surface area contributed by atoms with Crippen molar-refractivity contribution in [1.82, 2.24) is 9.55 Å². The fraction of sp³-hybridized carbons (Fsp3) is 0.400. The van der Waals surface area contributed by atoms with Gasteiger partial charge in [-0.3, -0.25) is 0 Å². The summed E-state index contributed by atoms with van der Waals surface area (Å²) < 4.78 is 3.65. The lowest BCUT2D eigenvalue weighted by Crippen LogP contribution is -2.13. The third-order valence-corrected chi connectivity index (χ3v) is 4.39. The van der Waals surface area contributed by atoms with Gasteiger partial charge in [-0.05, 0) is 47.6 Å². The molecule has 3 heteroatoms. The molecule has 0 aliphatic heterocycles. The molecule has 1 heterocycles. The average Bonchev–Trinajstić information content (AvgIpc) is 2.89. The fourth-order valence-corrected chi connectivity index (χ4v) is 3.36. The maximum atomic E-state index is 4.56. The van der Waals surface area contributed by atoms with Gasteiger partial charge in [0.2, 0.25) is 0 Å². The van der Waals surface area contributed by atoms with Crippen LogP contribution < -0.4 is 0 Å². The van der Waals surface area contributed by atoms with Gasteiger partial charge in [0.25, 0.3) is 0 Å². The molecule has 0 amide bonds. The van der Waals surface area contributed by atoms with E-state index in [9.17, 15) is 0 Å². The molecule has 2 aromatic rings. The lowest BCUT2D eigenvalue weighted by Gasteiger charge is -2.24. The predicted octanol–water partition coefficient (Wildman–Crippen LogP) is 4.66. The molecule has 3 rings (SSSR count). The zero-order chi connectivity index (χ0) is 12.4. The van der Waals surface area contributed by atoms with Crippen molar-refractivity contribution in [2.45, 2.75) is 38.1 Å². The molecular weight excluding hydrogens is 335 g/mol. The van der Waals surface area contributed by atoms with E-state index in [1.165, 1.54) is 41.2 Å². The highest BCUT2D eigenvalue weighted by atomic mass is 127. The van der Waals surface area contributed by atoms with E-state index in [1.54, 1.807) is 0 Å². The normalized spacial score (nSPS) is 16.9. The van der Waals surface area contributed by atoms with Crippen LogP contribution in [0.5, 0.6) is 0 Å². The molecule has 1 aliphatic carbocycles. The highest BCUT2D eigenvalue weighted by Crippen LogP contribution is 2.31. The van der Waals surface area contributed by atoms with Crippen LogP contribution in [0.15, 0.2) is 36.7 Å². The molecule has 0 N–H and O–H groups in total. The third-order valence-electron chi connectivity index (χ3n) is 3.72. The van der Waals surface area contributed by atoms with Gasteiger partial charge >= 0.3 is 0 Å². The first-order valence-electron chi connectivity index (χ1n) is 6.63. The Balaban J connectivity index is 1.95. The van der Waals surface area contributed by atoms with Gasteiger partial charge in [-0.2, -0.15) is 0 Å². The lowest BCUT2D eigenvalue weighted by molar-refractivity contribution is 0.355. The number of hydrogen-bond donors (Lipinski definition) is 0. The highest BCUT2D eigenvalue weighted by Gasteiger charge is 2.18. The predicted molar refractivity (Wildman–Crippen MR) is 82.5 cm³/mol. The lowest BCUT2D eigenvalue weighted by atomic mass is 9.95. The largest absolute Gasteiger partial charge is 0.328 e. The first kappa shape index (κ1) is 12.2. The highest BCUT2D eigenvalue weighted by molar-refractivity contribution is 14.1. The number of rotatable bonds is 2. The number of aromatic nitrogens is 2. The number of halogens is 1. The SMILES string of the molecule is Ic1cccc(-c2nccn2C2CCCCC2)c1. The van der Waals surface area contributed by atoms with E-state index >= 15 is 0 Å². The Morgan fingerprint density at radius 3 is 2.78 bits per heavy atom. The molecule has 0 radical (unpaired) electrons. The van der Waals surface area contributed by atoms with E-state index in [2.05, 4.69) is 62.6 Å². The van der Waals surface area contributed by atoms with Crippen LogP contribution in [0.4, 0.5) is 0 Å². The molecule has 0 spiro atoms. The van der Waals surface area contributed by atoms with Crippen molar-refractivity contribution in [3.63, 3.8) is 0 Å². The van der Waals surface area contributed by atoms with Crippen LogP contribution in [0.1, 0.15) is 38.1 Å². The Morgan fingerprint density at radius 2 is 2.00 bits per heavy atom. The van der Waals surface area contributed by atoms with Gasteiger partial charge in [-0.25, -0.2) is 4.98 Å². The summed E-state index contributed by atoms with van der Waals surface area (Å²) in [4.78, 5) is 4.56. The van der Waals surface area contributed by atoms with Gasteiger partial charge in [0.15, 0.2) is 0 Å². The Kier molecular flexibility index (Phi) is 3.68. The van der Waals surface area contributed by atoms with E-state index in [1.807, 2.05) is 6.20 Å². The summed E-state index contributed by atoms with van der Waals surface area (Å²) in [6.45, 7) is 0. The Hall–Kier alpha value is -0.840. The molecule has 1 aromatic heterocycles. The third kappa shape index (κ3) is 2.46. The van der Waals surface area contributed by atoms with E-state index in [0.29, 0.717) is 6.04 Å². The first-order chi connectivity index (χ1) is 8.84. The van der Waals surface area contributed by atoms with Crippen molar-refractivity contribution < 1.29 is 0 Å². The summed E-state index contributed by atoms with van der Waals surface area (Å²) >= 11 is 2.36. The minimum absolute atomic E-state index is 0.647. The van der Waals surface area contributed by atoms with Gasteiger partial charge < -0.3 is 4.57 Å². The van der Waals surface area contributed by atoms with Gasteiger partial charge in [-0.1, -0.05) is 31.4 Å². The Labute approximate surface area is 122 Å². The molecule has 94 valence electrons. The monoisotopic (exact) mass is 352 g/mol. The zero-order valence-electron chi connectivity index (χ0n) is 10.3. The molecular formula is C15H17IN2. The molecule has 1 aromatic carbocycles. The van der Waals surface area contributed by atoms with Crippen molar-refractivity contribution in [2.75, 3.05) is 0 Å². The van der Waals surface area contributed by atoms with Crippen LogP contribution in [0.2, 0.25) is 0 Å². The van der Waals surface area contributed by atoms with E-state index < -0.39 is 0 Å². The number of benzene rings is 1. The topological polar surface area (TPSA) is 17.8 Å². The molecule has 18 heavy (non-hydrogen) atoms. The second kappa shape index (κ2) is 5.43. The summed E-state index contributed by atoms with van der Waals surface area (Å²) in [5.41, 5.74) is 1.23. The average molecular weight is 352 g/mol. The van der Waals surface area contributed by atoms with Crippen molar-refractivity contribution in [1.29, 1.82) is 0 Å². The Bertz CT molecular complexity index is 527. The minimum atomic E-state index is 0.647. The minimum Gasteiger partial charge on any atom is -0.328 e. The quantitative estimate of drug-likeness (QED) is 0.719. The first-order valence-corrected chi connectivity index (χ1v) is 7.71. The van der Waals surface area contributed by atoms with E-state index in [4.69, 9.17) is 0 Å². The molecule has 0 bridgehead atoms. The number of nitrogens with zero attached hydrogens (tertiary/aromatic N) is 2. The van der Waals surface area contributed by atoms with Crippen LogP contribution in [0.25, 0.3) is 11.4 Å². The van der Waals surface area contributed by atoms with E-state index in [-0.39, 0.29) is 0 Å². The standard InChI is InChI=1S/C15H17IN2/c16-13-6-4-5-12(11-13)15-17-9-10-18(15)14-7-2-1-3-8-14/h4-6,9-11,14H,1-3,7-8H2. The molecule has 0 atom stereocenters. The van der Waals surface area contributed by atoms with Crippen LogP contribution in [0.3, 0.4) is 0 Å². The number of imidazole rings is 1. The molecule has 2 nitrogen and oxygen atoms in total. The maximum Gasteiger partial charge on any atom is 0.140 e. The summed E-state index contributed by atoms with van der Waals surface area (Å²) in [6, 6.07) is 9.25. The van der Waals surface area contributed by atoms with Gasteiger partial charge in [0.05, 0.1) is 0 Å². The van der Waals surface area contributed by atoms with Crippen molar-refractivity contribution in [3.8, 4) is 11.4 Å². The molecule has 1 aliphatic rings. The van der Waals surface area contributed by atoms with Crippen LogP contribution in [0, 0.1) is 3.57 Å². The van der Waals surface area contributed by atoms with Crippen molar-refractivity contribution in [2.24, 2.45) is 0 Å². The Morgan fingerprint density at radius 1 is 1.17 bits per heavy atom. The molecule has 1 saturated carbocycles. The van der Waals surface area contributed by atoms with Gasteiger partial charge in [-0.15, -0.1) is 0 Å². The molecule has 1 fully saturated rings.